The Kier molecular flexibility index (Phi) is 5.66. The van der Waals surface area contributed by atoms with Crippen LogP contribution in [0.5, 0.6) is 11.5 Å². The Morgan fingerprint density at radius 2 is 1.83 bits per heavy atom. The molecule has 0 aliphatic heterocycles. The zero-order valence-electron chi connectivity index (χ0n) is 13.2. The van der Waals surface area contributed by atoms with Crippen molar-refractivity contribution >= 4 is 23.1 Å². The molecule has 0 bridgehead atoms. The van der Waals surface area contributed by atoms with Crippen LogP contribution in [-0.4, -0.2) is 20.0 Å². The molecule has 2 rings (SSSR count). The molecule has 2 aromatic carbocycles. The third-order valence-electron chi connectivity index (χ3n) is 3.35. The molecule has 0 atom stereocenters. The van der Waals surface area contributed by atoms with Crippen LogP contribution >= 0.6 is 11.6 Å². The Morgan fingerprint density at radius 3 is 2.43 bits per heavy atom. The predicted molar refractivity (Wildman–Crippen MR) is 92.8 cm³/mol. The van der Waals surface area contributed by atoms with E-state index in [9.17, 15) is 4.79 Å². The number of anilines is 1. The quantitative estimate of drug-likeness (QED) is 0.626. The number of carbonyl (C=O) groups excluding carboxylic acids is 1. The highest BCUT2D eigenvalue weighted by atomic mass is 35.5. The van der Waals surface area contributed by atoms with E-state index in [-0.39, 0.29) is 5.78 Å². The van der Waals surface area contributed by atoms with E-state index in [1.54, 1.807) is 50.8 Å². The number of aryl methyl sites for hydroxylation is 1. The van der Waals surface area contributed by atoms with E-state index >= 15 is 0 Å². The number of allylic oxidation sites excluding steroid dienone is 1. The topological polar surface area (TPSA) is 47.6 Å². The second kappa shape index (κ2) is 7.70. The summed E-state index contributed by atoms with van der Waals surface area (Å²) in [6.45, 7) is 1.92. The van der Waals surface area contributed by atoms with Gasteiger partial charge in [0.1, 0.15) is 11.5 Å². The molecule has 23 heavy (non-hydrogen) atoms. The first-order valence-corrected chi connectivity index (χ1v) is 7.38. The molecule has 0 saturated heterocycles. The standard InChI is InChI=1S/C18H18ClNO3/c1-12-10-15(19)18(23-3)11-16(12)20-9-8-17(21)13-4-6-14(22-2)7-5-13/h4-11,20H,1-3H3/b9-8-. The molecule has 2 aromatic rings. The van der Waals surface area contributed by atoms with Gasteiger partial charge in [-0.05, 0) is 42.8 Å². The zero-order chi connectivity index (χ0) is 16.8. The molecular weight excluding hydrogens is 314 g/mol. The van der Waals surface area contributed by atoms with Crippen LogP contribution in [0, 0.1) is 6.92 Å². The fourth-order valence-corrected chi connectivity index (χ4v) is 2.32. The summed E-state index contributed by atoms with van der Waals surface area (Å²) in [7, 11) is 3.15. The summed E-state index contributed by atoms with van der Waals surface area (Å²) in [6, 6.07) is 10.6. The number of nitrogens with one attached hydrogen (secondary N) is 1. The van der Waals surface area contributed by atoms with E-state index in [0.29, 0.717) is 22.1 Å². The molecule has 0 amide bonds. The van der Waals surface area contributed by atoms with Crippen molar-refractivity contribution in [1.82, 2.24) is 0 Å². The average Bonchev–Trinajstić information content (AvgIpc) is 2.56. The molecule has 0 spiro atoms. The highest BCUT2D eigenvalue weighted by Gasteiger charge is 2.06. The summed E-state index contributed by atoms with van der Waals surface area (Å²) in [6.07, 6.45) is 3.07. The number of ketones is 1. The molecule has 0 unspecified atom stereocenters. The minimum Gasteiger partial charge on any atom is -0.497 e. The number of benzene rings is 2. The minimum absolute atomic E-state index is 0.0984. The Balaban J connectivity index is 2.07. The lowest BCUT2D eigenvalue weighted by Gasteiger charge is -2.10. The SMILES string of the molecule is COc1ccc(C(=O)/C=C\Nc2cc(OC)c(Cl)cc2C)cc1. The lowest BCUT2D eigenvalue weighted by Crippen LogP contribution is -1.98. The minimum atomic E-state index is -0.0984. The molecule has 0 aromatic heterocycles. The van der Waals surface area contributed by atoms with E-state index in [0.717, 1.165) is 11.3 Å². The molecule has 4 nitrogen and oxygen atoms in total. The van der Waals surface area contributed by atoms with Crippen molar-refractivity contribution in [3.8, 4) is 11.5 Å². The van der Waals surface area contributed by atoms with Crippen molar-refractivity contribution < 1.29 is 14.3 Å². The van der Waals surface area contributed by atoms with Crippen LogP contribution in [0.3, 0.4) is 0 Å². The Morgan fingerprint density at radius 1 is 1.13 bits per heavy atom. The van der Waals surface area contributed by atoms with E-state index in [2.05, 4.69) is 5.32 Å². The number of hydrogen-bond donors (Lipinski definition) is 1. The van der Waals surface area contributed by atoms with Gasteiger partial charge in [-0.25, -0.2) is 0 Å². The molecule has 0 aliphatic carbocycles. The van der Waals surface area contributed by atoms with Crippen LogP contribution in [0.4, 0.5) is 5.69 Å². The third-order valence-corrected chi connectivity index (χ3v) is 3.64. The van der Waals surface area contributed by atoms with Gasteiger partial charge in [0.25, 0.3) is 0 Å². The van der Waals surface area contributed by atoms with Crippen molar-refractivity contribution in [2.75, 3.05) is 19.5 Å². The predicted octanol–water partition coefficient (Wildman–Crippen LogP) is 4.47. The van der Waals surface area contributed by atoms with Crippen LogP contribution < -0.4 is 14.8 Å². The Bertz CT molecular complexity index is 724. The monoisotopic (exact) mass is 331 g/mol. The molecular formula is C18H18ClNO3. The normalized spacial score (nSPS) is 10.6. The van der Waals surface area contributed by atoms with Crippen LogP contribution in [0.15, 0.2) is 48.7 Å². The van der Waals surface area contributed by atoms with Crippen LogP contribution in [0.2, 0.25) is 5.02 Å². The van der Waals surface area contributed by atoms with E-state index < -0.39 is 0 Å². The van der Waals surface area contributed by atoms with Gasteiger partial charge in [-0.2, -0.15) is 0 Å². The highest BCUT2D eigenvalue weighted by molar-refractivity contribution is 6.32. The lowest BCUT2D eigenvalue weighted by atomic mass is 10.1. The second-order valence-corrected chi connectivity index (χ2v) is 5.28. The van der Waals surface area contributed by atoms with Gasteiger partial charge in [-0.3, -0.25) is 4.79 Å². The molecule has 0 aliphatic rings. The van der Waals surface area contributed by atoms with Gasteiger partial charge in [0.05, 0.1) is 19.2 Å². The van der Waals surface area contributed by atoms with Crippen LogP contribution in [-0.2, 0) is 0 Å². The second-order valence-electron chi connectivity index (χ2n) is 4.87. The van der Waals surface area contributed by atoms with Crippen molar-refractivity contribution in [1.29, 1.82) is 0 Å². The van der Waals surface area contributed by atoms with Gasteiger partial charge in [0.2, 0.25) is 0 Å². The molecule has 0 radical (unpaired) electrons. The van der Waals surface area contributed by atoms with E-state index in [1.807, 2.05) is 13.0 Å². The average molecular weight is 332 g/mol. The summed E-state index contributed by atoms with van der Waals surface area (Å²) in [4.78, 5) is 12.1. The number of hydrogen-bond acceptors (Lipinski definition) is 4. The maximum Gasteiger partial charge on any atom is 0.187 e. The number of ether oxygens (including phenoxy) is 2. The fraction of sp³-hybridized carbons (Fsp3) is 0.167. The summed E-state index contributed by atoms with van der Waals surface area (Å²) in [5.41, 5.74) is 2.37. The van der Waals surface area contributed by atoms with Gasteiger partial charge in [0, 0.05) is 29.6 Å². The molecule has 1 N–H and O–H groups in total. The van der Waals surface area contributed by atoms with Crippen LogP contribution in [0.1, 0.15) is 15.9 Å². The largest absolute Gasteiger partial charge is 0.497 e. The Hall–Kier alpha value is -2.46. The Labute approximate surface area is 140 Å². The fourth-order valence-electron chi connectivity index (χ4n) is 2.02. The lowest BCUT2D eigenvalue weighted by molar-refractivity contribution is 0.104. The van der Waals surface area contributed by atoms with Crippen LogP contribution in [0.25, 0.3) is 0 Å². The summed E-state index contributed by atoms with van der Waals surface area (Å²) in [5, 5.41) is 3.62. The number of halogens is 1. The number of rotatable bonds is 6. The summed E-state index contributed by atoms with van der Waals surface area (Å²) < 4.78 is 10.3. The van der Waals surface area contributed by atoms with Crippen molar-refractivity contribution in [3.05, 3.63) is 64.8 Å². The first-order chi connectivity index (χ1) is 11.0. The van der Waals surface area contributed by atoms with Crippen molar-refractivity contribution in [2.45, 2.75) is 6.92 Å². The first kappa shape index (κ1) is 16.9. The van der Waals surface area contributed by atoms with E-state index in [1.165, 1.54) is 6.08 Å². The summed E-state index contributed by atoms with van der Waals surface area (Å²) >= 11 is 6.06. The summed E-state index contributed by atoms with van der Waals surface area (Å²) in [5.74, 6) is 1.20. The maximum absolute atomic E-state index is 12.1. The molecule has 0 heterocycles. The molecule has 120 valence electrons. The number of carbonyl (C=O) groups is 1. The molecule has 5 heteroatoms. The van der Waals surface area contributed by atoms with Gasteiger partial charge >= 0.3 is 0 Å². The molecule has 0 saturated carbocycles. The number of methoxy groups -OCH3 is 2. The molecule has 0 fully saturated rings. The van der Waals surface area contributed by atoms with Gasteiger partial charge in [-0.15, -0.1) is 0 Å². The van der Waals surface area contributed by atoms with Gasteiger partial charge in [-0.1, -0.05) is 11.6 Å². The van der Waals surface area contributed by atoms with Gasteiger partial charge in [0.15, 0.2) is 5.78 Å². The highest BCUT2D eigenvalue weighted by Crippen LogP contribution is 2.30. The first-order valence-electron chi connectivity index (χ1n) is 7.00. The van der Waals surface area contributed by atoms with Gasteiger partial charge < -0.3 is 14.8 Å². The van der Waals surface area contributed by atoms with Crippen molar-refractivity contribution in [3.63, 3.8) is 0 Å². The van der Waals surface area contributed by atoms with Crippen molar-refractivity contribution in [2.24, 2.45) is 0 Å². The maximum atomic E-state index is 12.1. The smallest absolute Gasteiger partial charge is 0.187 e. The zero-order valence-corrected chi connectivity index (χ0v) is 14.0. The third kappa shape index (κ3) is 4.27. The van der Waals surface area contributed by atoms with E-state index in [4.69, 9.17) is 21.1 Å².